The van der Waals surface area contributed by atoms with E-state index in [-0.39, 0.29) is 0 Å². The molecule has 0 saturated carbocycles. The fourth-order valence-corrected chi connectivity index (χ4v) is 0.237. The summed E-state index contributed by atoms with van der Waals surface area (Å²) < 4.78 is 0. The van der Waals surface area contributed by atoms with E-state index in [4.69, 9.17) is 0 Å². The maximum Gasteiger partial charge on any atom is -0.0454 e. The maximum atomic E-state index is 3.62. The lowest BCUT2D eigenvalue weighted by Gasteiger charge is -1.97. The number of nitrogens with one attached hydrogen (secondary N) is 2. The first-order chi connectivity index (χ1) is 2.89. The van der Waals surface area contributed by atoms with Crippen molar-refractivity contribution in [2.45, 2.75) is 6.92 Å². The van der Waals surface area contributed by atoms with E-state index in [1.165, 1.54) is 0 Å². The molecule has 34 valence electrons. The first-order valence-corrected chi connectivity index (χ1v) is 1.64. The summed E-state index contributed by atoms with van der Waals surface area (Å²) in [7, 11) is 0. The molecule has 0 aliphatic carbocycles. The number of hydrazone groups is 1. The van der Waals surface area contributed by atoms with Gasteiger partial charge in [0.2, 0.25) is 0 Å². The Kier molecular flexibility index (Phi) is 0.648. The lowest BCUT2D eigenvalue weighted by atomic mass is 10.7. The molecule has 0 aromatic rings. The Hall–Kier alpha value is -0.770. The van der Waals surface area contributed by atoms with E-state index in [0.29, 0.717) is 0 Å². The Bertz CT molecular complexity index is 75.6. The molecule has 4 heteroatoms. The Morgan fingerprint density at radius 2 is 2.67 bits per heavy atom. The highest BCUT2D eigenvalue weighted by atomic mass is 15.8. The molecule has 4 nitrogen and oxygen atoms in total. The van der Waals surface area contributed by atoms with E-state index in [1.807, 2.05) is 0 Å². The van der Waals surface area contributed by atoms with Crippen LogP contribution in [0, 0.1) is 0 Å². The number of nitrogens with zero attached hydrogens (tertiary/aromatic N) is 2. The molecule has 0 amide bonds. The van der Waals surface area contributed by atoms with E-state index < -0.39 is 0 Å². The lowest BCUT2D eigenvalue weighted by Crippen LogP contribution is -2.14. The average Bonchev–Trinajstić information content (AvgIpc) is 1.86. The normalized spacial score (nSPS) is 18.5. The number of hydrogen-bond donors (Lipinski definition) is 2. The first kappa shape index (κ1) is 3.42. The van der Waals surface area contributed by atoms with Gasteiger partial charge < -0.3 is 16.1 Å². The van der Waals surface area contributed by atoms with Gasteiger partial charge in [0, 0.05) is 0 Å². The van der Waals surface area contributed by atoms with Crippen molar-refractivity contribution in [1.29, 1.82) is 0 Å². The van der Waals surface area contributed by atoms with Gasteiger partial charge in [-0.15, -0.1) is 0 Å². The fourth-order valence-electron chi connectivity index (χ4n) is 0.237. The summed E-state index contributed by atoms with van der Waals surface area (Å²) in [6.45, 7) is 1.80. The van der Waals surface area contributed by atoms with Crippen molar-refractivity contribution in [2.24, 2.45) is 5.10 Å². The van der Waals surface area contributed by atoms with Crippen LogP contribution >= 0.6 is 0 Å². The summed E-state index contributed by atoms with van der Waals surface area (Å²) >= 11 is 0. The Balaban J connectivity index is 2.45. The second-order valence-electron chi connectivity index (χ2n) is 0.994. The zero-order valence-electron chi connectivity index (χ0n) is 3.39. The van der Waals surface area contributed by atoms with Crippen LogP contribution in [0.25, 0.3) is 5.43 Å². The number of amidine groups is 1. The third-order valence-corrected chi connectivity index (χ3v) is 0.485. The van der Waals surface area contributed by atoms with E-state index in [0.717, 1.165) is 5.84 Å². The summed E-state index contributed by atoms with van der Waals surface area (Å²) in [6.07, 6.45) is 0. The molecule has 0 aromatic carbocycles. The van der Waals surface area contributed by atoms with Crippen LogP contribution in [-0.4, -0.2) is 5.84 Å². The second-order valence-corrected chi connectivity index (χ2v) is 0.994. The van der Waals surface area contributed by atoms with Gasteiger partial charge in [0.05, 0.1) is 0 Å². The third kappa shape index (κ3) is 0.414. The minimum Gasteiger partial charge on any atom is -0.386 e. The standard InChI is InChI=1S/C2H5N4/c1-2-3-5-6-4-2/h5-6H,1H3/q-1. The molecule has 0 atom stereocenters. The van der Waals surface area contributed by atoms with Crippen LogP contribution in [0.3, 0.4) is 0 Å². The van der Waals surface area contributed by atoms with Crippen LogP contribution in [0.15, 0.2) is 5.10 Å². The maximum absolute atomic E-state index is 3.62. The predicted octanol–water partition coefficient (Wildman–Crippen LogP) is -0.284. The van der Waals surface area contributed by atoms with Crippen molar-refractivity contribution in [1.82, 2.24) is 11.1 Å². The number of rotatable bonds is 0. The zero-order valence-corrected chi connectivity index (χ0v) is 3.39. The van der Waals surface area contributed by atoms with Crippen LogP contribution < -0.4 is 11.1 Å². The SMILES string of the molecule is CC1=NNN[N-]1. The third-order valence-electron chi connectivity index (χ3n) is 0.485. The van der Waals surface area contributed by atoms with Crippen molar-refractivity contribution < 1.29 is 0 Å². The van der Waals surface area contributed by atoms with E-state index in [9.17, 15) is 0 Å². The molecule has 6 heavy (non-hydrogen) atoms. The number of hydrogen-bond acceptors (Lipinski definition) is 3. The fraction of sp³-hybridized carbons (Fsp3) is 0.500. The average molecular weight is 85.1 g/mol. The van der Waals surface area contributed by atoms with Gasteiger partial charge in [0.25, 0.3) is 0 Å². The van der Waals surface area contributed by atoms with Gasteiger partial charge >= 0.3 is 0 Å². The highest BCUT2D eigenvalue weighted by Crippen LogP contribution is 1.86. The molecule has 0 unspecified atom stereocenters. The van der Waals surface area contributed by atoms with Crippen molar-refractivity contribution in [3.63, 3.8) is 0 Å². The summed E-state index contributed by atoms with van der Waals surface area (Å²) in [5.41, 5.74) is 8.51. The highest BCUT2D eigenvalue weighted by Gasteiger charge is 1.76. The Labute approximate surface area is 35.6 Å². The molecular formula is C2H5N4-. The largest absolute Gasteiger partial charge is 0.386 e. The topological polar surface area (TPSA) is 50.5 Å². The van der Waals surface area contributed by atoms with Crippen LogP contribution in [-0.2, 0) is 0 Å². The summed E-state index contributed by atoms with van der Waals surface area (Å²) in [5.74, 6) is 0.731. The van der Waals surface area contributed by atoms with E-state index >= 15 is 0 Å². The van der Waals surface area contributed by atoms with Gasteiger partial charge in [-0.1, -0.05) is 5.84 Å². The second kappa shape index (κ2) is 1.14. The molecule has 1 aliphatic rings. The van der Waals surface area contributed by atoms with Crippen LogP contribution in [0.1, 0.15) is 6.92 Å². The van der Waals surface area contributed by atoms with Gasteiger partial charge in [-0.25, -0.2) is 5.53 Å². The van der Waals surface area contributed by atoms with Gasteiger partial charge in [-0.3, -0.25) is 0 Å². The minimum absolute atomic E-state index is 0.731. The van der Waals surface area contributed by atoms with Gasteiger partial charge in [-0.2, -0.15) is 0 Å². The molecule has 0 radical (unpaired) electrons. The Morgan fingerprint density at radius 1 is 1.83 bits per heavy atom. The van der Waals surface area contributed by atoms with E-state index in [2.05, 4.69) is 21.6 Å². The quantitative estimate of drug-likeness (QED) is 0.425. The van der Waals surface area contributed by atoms with Crippen molar-refractivity contribution >= 4 is 5.84 Å². The Morgan fingerprint density at radius 3 is 2.83 bits per heavy atom. The molecule has 0 saturated heterocycles. The summed E-state index contributed by atoms with van der Waals surface area (Å²) in [4.78, 5) is 0. The lowest BCUT2D eigenvalue weighted by molar-refractivity contribution is 0.692. The molecule has 1 aliphatic heterocycles. The van der Waals surface area contributed by atoms with Crippen LogP contribution in [0.4, 0.5) is 0 Å². The first-order valence-electron chi connectivity index (χ1n) is 1.64. The molecule has 1 heterocycles. The zero-order chi connectivity index (χ0) is 4.41. The summed E-state index contributed by atoms with van der Waals surface area (Å²) in [6, 6.07) is 0. The van der Waals surface area contributed by atoms with Crippen LogP contribution in [0.2, 0.25) is 0 Å². The van der Waals surface area contributed by atoms with Gasteiger partial charge in [0.1, 0.15) is 0 Å². The van der Waals surface area contributed by atoms with E-state index in [1.54, 1.807) is 6.92 Å². The van der Waals surface area contributed by atoms with Crippen molar-refractivity contribution in [3.8, 4) is 0 Å². The predicted molar refractivity (Wildman–Crippen MR) is 22.7 cm³/mol. The van der Waals surface area contributed by atoms with Gasteiger partial charge in [-0.05, 0) is 6.92 Å². The molecule has 0 fully saturated rings. The molecule has 0 bridgehead atoms. The highest BCUT2D eigenvalue weighted by molar-refractivity contribution is 5.91. The minimum atomic E-state index is 0.731. The molecule has 2 N–H and O–H groups in total. The van der Waals surface area contributed by atoms with Crippen molar-refractivity contribution in [2.75, 3.05) is 0 Å². The molecular weight excluding hydrogens is 80.0 g/mol. The molecule has 1 rings (SSSR count). The monoisotopic (exact) mass is 85.1 g/mol. The smallest absolute Gasteiger partial charge is 0.0454 e. The molecule has 0 aromatic heterocycles. The van der Waals surface area contributed by atoms with Gasteiger partial charge in [0.15, 0.2) is 0 Å². The molecule has 0 spiro atoms. The van der Waals surface area contributed by atoms with Crippen molar-refractivity contribution in [3.05, 3.63) is 5.43 Å². The van der Waals surface area contributed by atoms with Crippen LogP contribution in [0.5, 0.6) is 0 Å². The number of hydrazine groups is 1. The summed E-state index contributed by atoms with van der Waals surface area (Å²) in [5, 5.41) is 3.62.